The van der Waals surface area contributed by atoms with Gasteiger partial charge in [-0.2, -0.15) is 11.8 Å². The SMILES string of the molecule is CSCC[C@@H](NC(=O)c1ccccc1Br)C(=O)NN(C)C. The van der Waals surface area contributed by atoms with Gasteiger partial charge in [0.15, 0.2) is 0 Å². The summed E-state index contributed by atoms with van der Waals surface area (Å²) >= 11 is 4.98. The van der Waals surface area contributed by atoms with Crippen LogP contribution in [0.25, 0.3) is 0 Å². The van der Waals surface area contributed by atoms with Gasteiger partial charge >= 0.3 is 0 Å². The Balaban J connectivity index is 2.78. The largest absolute Gasteiger partial charge is 0.340 e. The number of nitrogens with zero attached hydrogens (tertiary/aromatic N) is 1. The fourth-order valence-corrected chi connectivity index (χ4v) is 2.62. The average molecular weight is 374 g/mol. The summed E-state index contributed by atoms with van der Waals surface area (Å²) in [6.07, 6.45) is 2.55. The van der Waals surface area contributed by atoms with Crippen LogP contribution in [0.2, 0.25) is 0 Å². The number of halogens is 1. The van der Waals surface area contributed by atoms with E-state index in [9.17, 15) is 9.59 Å². The summed E-state index contributed by atoms with van der Waals surface area (Å²) in [5.41, 5.74) is 3.20. The molecule has 0 aliphatic rings. The van der Waals surface area contributed by atoms with Crippen LogP contribution < -0.4 is 10.7 Å². The average Bonchev–Trinajstić information content (AvgIpc) is 2.42. The van der Waals surface area contributed by atoms with Crippen molar-refractivity contribution in [2.24, 2.45) is 0 Å². The second-order valence-electron chi connectivity index (χ2n) is 4.66. The van der Waals surface area contributed by atoms with Crippen LogP contribution in [0.5, 0.6) is 0 Å². The number of thioether (sulfide) groups is 1. The number of carbonyl (C=O) groups is 2. The zero-order valence-corrected chi connectivity index (χ0v) is 14.8. The number of rotatable bonds is 7. The third-order valence-corrected chi connectivity index (χ3v) is 4.02. The number of benzene rings is 1. The maximum Gasteiger partial charge on any atom is 0.256 e. The minimum Gasteiger partial charge on any atom is -0.340 e. The first-order valence-electron chi connectivity index (χ1n) is 6.48. The molecule has 0 fully saturated rings. The number of nitrogens with one attached hydrogen (secondary N) is 2. The fraction of sp³-hybridized carbons (Fsp3) is 0.429. The Kier molecular flexibility index (Phi) is 7.77. The molecule has 2 N–H and O–H groups in total. The third-order valence-electron chi connectivity index (χ3n) is 2.68. The Labute approximate surface area is 137 Å². The second-order valence-corrected chi connectivity index (χ2v) is 6.50. The van der Waals surface area contributed by atoms with Crippen molar-refractivity contribution in [1.29, 1.82) is 0 Å². The molecule has 0 heterocycles. The Morgan fingerprint density at radius 2 is 2.00 bits per heavy atom. The number of hydrogen-bond donors (Lipinski definition) is 2. The first-order chi connectivity index (χ1) is 9.95. The molecule has 0 aromatic heterocycles. The van der Waals surface area contributed by atoms with Crippen molar-refractivity contribution < 1.29 is 9.59 Å². The lowest BCUT2D eigenvalue weighted by Gasteiger charge is -2.21. The number of hydrogen-bond acceptors (Lipinski definition) is 4. The summed E-state index contributed by atoms with van der Waals surface area (Å²) in [6, 6.07) is 6.58. The van der Waals surface area contributed by atoms with E-state index >= 15 is 0 Å². The molecular formula is C14H20BrN3O2S. The molecule has 1 aromatic rings. The van der Waals surface area contributed by atoms with E-state index in [0.717, 1.165) is 5.75 Å². The highest BCUT2D eigenvalue weighted by atomic mass is 79.9. The standard InChI is InChI=1S/C14H20BrN3O2S/c1-18(2)17-14(20)12(8-9-21-3)16-13(19)10-6-4-5-7-11(10)15/h4-7,12H,8-9H2,1-3H3,(H,16,19)(H,17,20)/t12-/m1/s1. The van der Waals surface area contributed by atoms with E-state index in [0.29, 0.717) is 16.5 Å². The van der Waals surface area contributed by atoms with Gasteiger partial charge in [-0.15, -0.1) is 0 Å². The fourth-order valence-electron chi connectivity index (χ4n) is 1.68. The molecule has 0 radical (unpaired) electrons. The lowest BCUT2D eigenvalue weighted by Crippen LogP contribution is -2.50. The van der Waals surface area contributed by atoms with E-state index in [1.54, 1.807) is 49.1 Å². The molecule has 5 nitrogen and oxygen atoms in total. The lowest BCUT2D eigenvalue weighted by atomic mass is 10.1. The van der Waals surface area contributed by atoms with Crippen molar-refractivity contribution in [3.63, 3.8) is 0 Å². The van der Waals surface area contributed by atoms with E-state index < -0.39 is 6.04 Å². The molecule has 0 bridgehead atoms. The van der Waals surface area contributed by atoms with Gasteiger partial charge < -0.3 is 5.32 Å². The van der Waals surface area contributed by atoms with E-state index in [1.807, 2.05) is 12.3 Å². The summed E-state index contributed by atoms with van der Waals surface area (Å²) in [5.74, 6) is 0.318. The topological polar surface area (TPSA) is 61.4 Å². The number of carbonyl (C=O) groups excluding carboxylic acids is 2. The molecule has 0 saturated carbocycles. The normalized spacial score (nSPS) is 12.0. The first kappa shape index (κ1) is 18.0. The molecule has 116 valence electrons. The monoisotopic (exact) mass is 373 g/mol. The van der Waals surface area contributed by atoms with E-state index in [2.05, 4.69) is 26.7 Å². The molecule has 0 aliphatic heterocycles. The van der Waals surface area contributed by atoms with E-state index in [-0.39, 0.29) is 11.8 Å². The summed E-state index contributed by atoms with van der Waals surface area (Å²) in [5, 5.41) is 4.36. The highest BCUT2D eigenvalue weighted by molar-refractivity contribution is 9.10. The Morgan fingerprint density at radius 3 is 2.57 bits per heavy atom. The van der Waals surface area contributed by atoms with Gasteiger partial charge in [0.05, 0.1) is 5.56 Å². The van der Waals surface area contributed by atoms with Gasteiger partial charge in [-0.05, 0) is 46.5 Å². The molecule has 0 aliphatic carbocycles. The predicted molar refractivity (Wildman–Crippen MR) is 90.2 cm³/mol. The molecule has 1 atom stereocenters. The number of hydrazine groups is 1. The summed E-state index contributed by atoms with van der Waals surface area (Å²) in [6.45, 7) is 0. The molecule has 7 heteroatoms. The highest BCUT2D eigenvalue weighted by Gasteiger charge is 2.22. The summed E-state index contributed by atoms with van der Waals surface area (Å²) in [7, 11) is 3.47. The van der Waals surface area contributed by atoms with Crippen LogP contribution >= 0.6 is 27.7 Å². The van der Waals surface area contributed by atoms with Gasteiger partial charge in [-0.3, -0.25) is 15.0 Å². The zero-order valence-electron chi connectivity index (χ0n) is 12.4. The van der Waals surface area contributed by atoms with Crippen molar-refractivity contribution in [2.75, 3.05) is 26.1 Å². The van der Waals surface area contributed by atoms with Crippen molar-refractivity contribution in [1.82, 2.24) is 15.8 Å². The molecule has 1 rings (SSSR count). The molecule has 21 heavy (non-hydrogen) atoms. The van der Waals surface area contributed by atoms with Crippen LogP contribution in [0, 0.1) is 0 Å². The Morgan fingerprint density at radius 1 is 1.33 bits per heavy atom. The van der Waals surface area contributed by atoms with Crippen LogP contribution in [0.3, 0.4) is 0 Å². The van der Waals surface area contributed by atoms with E-state index in [1.165, 1.54) is 0 Å². The maximum atomic E-state index is 12.3. The molecular weight excluding hydrogens is 354 g/mol. The third kappa shape index (κ3) is 6.07. The lowest BCUT2D eigenvalue weighted by molar-refractivity contribution is -0.126. The smallest absolute Gasteiger partial charge is 0.256 e. The highest BCUT2D eigenvalue weighted by Crippen LogP contribution is 2.16. The second kappa shape index (κ2) is 9.07. The molecule has 1 aromatic carbocycles. The first-order valence-corrected chi connectivity index (χ1v) is 8.66. The maximum absolute atomic E-state index is 12.3. The van der Waals surface area contributed by atoms with Crippen LogP contribution in [0.4, 0.5) is 0 Å². The van der Waals surface area contributed by atoms with Crippen LogP contribution in [-0.2, 0) is 4.79 Å². The predicted octanol–water partition coefficient (Wildman–Crippen LogP) is 1.89. The van der Waals surface area contributed by atoms with Crippen LogP contribution in [0.15, 0.2) is 28.7 Å². The Bertz CT molecular complexity index is 497. The van der Waals surface area contributed by atoms with Gasteiger partial charge in [-0.1, -0.05) is 12.1 Å². The zero-order chi connectivity index (χ0) is 15.8. The summed E-state index contributed by atoms with van der Waals surface area (Å²) in [4.78, 5) is 24.4. The van der Waals surface area contributed by atoms with Gasteiger partial charge in [0, 0.05) is 18.6 Å². The van der Waals surface area contributed by atoms with Gasteiger partial charge in [-0.25, -0.2) is 5.01 Å². The van der Waals surface area contributed by atoms with Gasteiger partial charge in [0.25, 0.3) is 11.8 Å². The van der Waals surface area contributed by atoms with Crippen LogP contribution in [0.1, 0.15) is 16.8 Å². The van der Waals surface area contributed by atoms with Crippen molar-refractivity contribution in [3.8, 4) is 0 Å². The quantitative estimate of drug-likeness (QED) is 0.716. The molecule has 0 spiro atoms. The molecule has 0 unspecified atom stereocenters. The van der Waals surface area contributed by atoms with Gasteiger partial charge in [0.2, 0.25) is 0 Å². The molecule has 2 amide bonds. The minimum atomic E-state index is -0.556. The number of amides is 2. The van der Waals surface area contributed by atoms with Crippen molar-refractivity contribution in [3.05, 3.63) is 34.3 Å². The van der Waals surface area contributed by atoms with Gasteiger partial charge in [0.1, 0.15) is 6.04 Å². The van der Waals surface area contributed by atoms with Crippen molar-refractivity contribution >= 4 is 39.5 Å². The van der Waals surface area contributed by atoms with Crippen LogP contribution in [-0.4, -0.2) is 49.0 Å². The Hall–Kier alpha value is -1.05. The van der Waals surface area contributed by atoms with E-state index in [4.69, 9.17) is 0 Å². The van der Waals surface area contributed by atoms with Crippen molar-refractivity contribution in [2.45, 2.75) is 12.5 Å². The molecule has 0 saturated heterocycles. The summed E-state index contributed by atoms with van der Waals surface area (Å²) < 4.78 is 0.708. The minimum absolute atomic E-state index is 0.213.